The quantitative estimate of drug-likeness (QED) is 0.183. The maximum absolute atomic E-state index is 14.8. The van der Waals surface area contributed by atoms with E-state index in [1.165, 1.54) is 37.8 Å². The molecule has 0 amide bonds. The highest BCUT2D eigenvalue weighted by Gasteiger charge is 2.36. The molecule has 0 bridgehead atoms. The molecule has 212 valence electrons. The molecule has 2 fully saturated rings. The molecular formula is C30H31F7O2. The van der Waals surface area contributed by atoms with Crippen LogP contribution in [0.5, 0.6) is 11.5 Å². The third-order valence-electron chi connectivity index (χ3n) is 8.00. The Morgan fingerprint density at radius 1 is 0.821 bits per heavy atom. The summed E-state index contributed by atoms with van der Waals surface area (Å²) in [7, 11) is 0. The summed E-state index contributed by atoms with van der Waals surface area (Å²) in [5.41, 5.74) is 0.436. The zero-order chi connectivity index (χ0) is 28.2. The molecule has 2 saturated carbocycles. The number of benzene rings is 2. The van der Waals surface area contributed by atoms with Gasteiger partial charge in [0, 0.05) is 12.1 Å². The highest BCUT2D eigenvalue weighted by Crippen LogP contribution is 2.44. The molecule has 2 aliphatic carbocycles. The smallest absolute Gasteiger partial charge is 0.426 e. The first kappa shape index (κ1) is 29.0. The number of halogens is 7. The maximum Gasteiger partial charge on any atom is 0.426 e. The summed E-state index contributed by atoms with van der Waals surface area (Å²) in [6.45, 7) is 2.07. The molecule has 0 aliphatic heterocycles. The summed E-state index contributed by atoms with van der Waals surface area (Å²) in [5, 5.41) is 0. The van der Waals surface area contributed by atoms with Crippen LogP contribution >= 0.6 is 0 Å². The zero-order valence-electron chi connectivity index (χ0n) is 21.5. The number of rotatable bonds is 8. The Bertz CT molecular complexity index is 1150. The van der Waals surface area contributed by atoms with Crippen molar-refractivity contribution in [3.05, 3.63) is 83.4 Å². The van der Waals surface area contributed by atoms with Crippen molar-refractivity contribution in [2.24, 2.45) is 17.8 Å². The molecular weight excluding hydrogens is 525 g/mol. The zero-order valence-corrected chi connectivity index (χ0v) is 21.5. The van der Waals surface area contributed by atoms with Crippen LogP contribution in [0, 0.1) is 29.4 Å². The largest absolute Gasteiger partial charge is 0.429 e. The topological polar surface area (TPSA) is 18.5 Å². The number of hydrogen-bond acceptors (Lipinski definition) is 2. The molecule has 4 rings (SSSR count). The standard InChI is InChI=1S/C30H31F7O2/c1-2-3-18-4-6-19(7-5-18)20-8-10-21(11-9-20)22-12-14-23(15-13-22)30(36,37)39-24-16-25(31)27(26(32)17-24)38-29(35)28(33)34/h2-3,12-21H,4-11H2,1H3/b3-2+. The van der Waals surface area contributed by atoms with Gasteiger partial charge in [0.25, 0.3) is 0 Å². The second kappa shape index (κ2) is 12.5. The van der Waals surface area contributed by atoms with E-state index in [9.17, 15) is 30.7 Å². The number of alkyl halides is 2. The summed E-state index contributed by atoms with van der Waals surface area (Å²) in [6, 6.07) is 3.78. The summed E-state index contributed by atoms with van der Waals surface area (Å²) < 4.78 is 103. The Morgan fingerprint density at radius 3 is 1.87 bits per heavy atom. The lowest BCUT2D eigenvalue weighted by Gasteiger charge is -2.37. The van der Waals surface area contributed by atoms with Gasteiger partial charge in [-0.15, -0.1) is 0 Å². The van der Waals surface area contributed by atoms with Crippen molar-refractivity contribution in [3.63, 3.8) is 0 Å². The molecule has 0 unspecified atom stereocenters. The van der Waals surface area contributed by atoms with Crippen molar-refractivity contribution in [1.82, 2.24) is 0 Å². The Kier molecular flexibility index (Phi) is 9.28. The third-order valence-corrected chi connectivity index (χ3v) is 8.00. The van der Waals surface area contributed by atoms with Crippen LogP contribution in [0.3, 0.4) is 0 Å². The first-order chi connectivity index (χ1) is 18.6. The molecule has 0 aromatic heterocycles. The number of allylic oxidation sites excluding steroid dienone is 2. The van der Waals surface area contributed by atoms with E-state index in [0.717, 1.165) is 37.2 Å². The van der Waals surface area contributed by atoms with E-state index >= 15 is 0 Å². The molecule has 2 aromatic rings. The average Bonchev–Trinajstić information content (AvgIpc) is 2.91. The van der Waals surface area contributed by atoms with Gasteiger partial charge in [-0.25, -0.2) is 8.78 Å². The van der Waals surface area contributed by atoms with Crippen LogP contribution < -0.4 is 9.47 Å². The lowest BCUT2D eigenvalue weighted by Crippen LogP contribution is -2.25. The Morgan fingerprint density at radius 2 is 1.36 bits per heavy atom. The molecule has 39 heavy (non-hydrogen) atoms. The van der Waals surface area contributed by atoms with Gasteiger partial charge in [0.2, 0.25) is 5.75 Å². The van der Waals surface area contributed by atoms with Crippen molar-refractivity contribution in [2.45, 2.75) is 70.3 Å². The molecule has 0 radical (unpaired) electrons. The second-order valence-electron chi connectivity index (χ2n) is 10.4. The van der Waals surface area contributed by atoms with E-state index in [0.29, 0.717) is 24.0 Å². The lowest BCUT2D eigenvalue weighted by molar-refractivity contribution is -0.185. The second-order valence-corrected chi connectivity index (χ2v) is 10.4. The van der Waals surface area contributed by atoms with Crippen LogP contribution in [0.4, 0.5) is 30.7 Å². The minimum absolute atomic E-state index is 0.281. The van der Waals surface area contributed by atoms with E-state index in [-0.39, 0.29) is 5.92 Å². The molecule has 0 heterocycles. The van der Waals surface area contributed by atoms with E-state index in [2.05, 4.69) is 28.5 Å². The fraction of sp³-hybridized carbons (Fsp3) is 0.467. The van der Waals surface area contributed by atoms with Crippen molar-refractivity contribution >= 4 is 0 Å². The van der Waals surface area contributed by atoms with Gasteiger partial charge in [-0.05, 0) is 99.7 Å². The number of ether oxygens (including phenoxy) is 2. The van der Waals surface area contributed by atoms with Gasteiger partial charge < -0.3 is 9.47 Å². The van der Waals surface area contributed by atoms with Gasteiger partial charge in [-0.2, -0.15) is 22.0 Å². The molecule has 2 aromatic carbocycles. The van der Waals surface area contributed by atoms with E-state index < -0.39 is 46.9 Å². The minimum Gasteiger partial charge on any atom is -0.429 e. The lowest BCUT2D eigenvalue weighted by atomic mass is 9.68. The van der Waals surface area contributed by atoms with Crippen molar-refractivity contribution < 1.29 is 40.2 Å². The van der Waals surface area contributed by atoms with E-state index in [1.807, 2.05) is 0 Å². The third kappa shape index (κ3) is 7.17. The van der Waals surface area contributed by atoms with Crippen molar-refractivity contribution in [2.75, 3.05) is 0 Å². The molecule has 2 aliphatic rings. The summed E-state index contributed by atoms with van der Waals surface area (Å²) in [6.07, 6.45) is 6.85. The van der Waals surface area contributed by atoms with Crippen LogP contribution in [0.15, 0.2) is 60.6 Å². The molecule has 0 atom stereocenters. The van der Waals surface area contributed by atoms with E-state index in [1.54, 1.807) is 12.1 Å². The summed E-state index contributed by atoms with van der Waals surface area (Å²) >= 11 is 0. The monoisotopic (exact) mass is 556 g/mol. The highest BCUT2D eigenvalue weighted by atomic mass is 19.3. The normalized spacial score (nSPS) is 24.0. The van der Waals surface area contributed by atoms with Crippen LogP contribution in [-0.2, 0) is 6.11 Å². The first-order valence-electron chi connectivity index (χ1n) is 13.2. The van der Waals surface area contributed by atoms with E-state index in [4.69, 9.17) is 0 Å². The summed E-state index contributed by atoms with van der Waals surface area (Å²) in [5.74, 6) is -3.33. The van der Waals surface area contributed by atoms with Crippen LogP contribution in [0.1, 0.15) is 75.3 Å². The predicted octanol–water partition coefficient (Wildman–Crippen LogP) is 10.2. The van der Waals surface area contributed by atoms with Gasteiger partial charge in [0.1, 0.15) is 5.75 Å². The molecule has 9 heteroatoms. The van der Waals surface area contributed by atoms with Gasteiger partial charge >= 0.3 is 18.2 Å². The van der Waals surface area contributed by atoms with Gasteiger partial charge in [0.15, 0.2) is 11.6 Å². The predicted molar refractivity (Wildman–Crippen MR) is 133 cm³/mol. The molecule has 0 saturated heterocycles. The fourth-order valence-corrected chi connectivity index (χ4v) is 5.98. The van der Waals surface area contributed by atoms with Crippen molar-refractivity contribution in [1.29, 1.82) is 0 Å². The highest BCUT2D eigenvalue weighted by molar-refractivity contribution is 5.36. The van der Waals surface area contributed by atoms with Crippen LogP contribution in [0.25, 0.3) is 0 Å². The van der Waals surface area contributed by atoms with Gasteiger partial charge in [-0.1, -0.05) is 24.3 Å². The molecule has 0 spiro atoms. The molecule has 0 N–H and O–H groups in total. The van der Waals surface area contributed by atoms with Crippen LogP contribution in [0.2, 0.25) is 0 Å². The number of hydrogen-bond donors (Lipinski definition) is 0. The summed E-state index contributed by atoms with van der Waals surface area (Å²) in [4.78, 5) is 0. The average molecular weight is 557 g/mol. The first-order valence-corrected chi connectivity index (χ1v) is 13.2. The Hall–Kier alpha value is -2.97. The Labute approximate surface area is 223 Å². The van der Waals surface area contributed by atoms with Gasteiger partial charge in [0.05, 0.1) is 5.56 Å². The Balaban J connectivity index is 1.35. The van der Waals surface area contributed by atoms with Crippen molar-refractivity contribution in [3.8, 4) is 11.5 Å². The fourth-order valence-electron chi connectivity index (χ4n) is 5.98. The molecule has 2 nitrogen and oxygen atoms in total. The van der Waals surface area contributed by atoms with Crippen LogP contribution in [-0.4, -0.2) is 0 Å². The SMILES string of the molecule is C/C=C/C1CCC(C2CCC(c3ccc(C(F)(F)Oc4cc(F)c(OC(F)=C(F)F)c(F)c4)cc3)CC2)CC1. The van der Waals surface area contributed by atoms with Gasteiger partial charge in [-0.3, -0.25) is 0 Å². The minimum atomic E-state index is -3.94. The maximum atomic E-state index is 14.8.